The SMILES string of the molecule is COc1ccc(-c2c3c(=O)n(C)c(=O)n(C)c3c3n2CCO[C@H]3c2cccc(O)c2)cc1. The van der Waals surface area contributed by atoms with E-state index in [0.717, 1.165) is 27.1 Å². The van der Waals surface area contributed by atoms with Crippen LogP contribution in [-0.4, -0.2) is 32.5 Å². The van der Waals surface area contributed by atoms with Crippen LogP contribution in [0.25, 0.3) is 22.2 Å². The highest BCUT2D eigenvalue weighted by molar-refractivity contribution is 5.96. The summed E-state index contributed by atoms with van der Waals surface area (Å²) in [5.74, 6) is 0.837. The number of hydrogen-bond acceptors (Lipinski definition) is 5. The molecular formula is C24H23N3O5. The highest BCUT2D eigenvalue weighted by Gasteiger charge is 2.33. The molecule has 5 rings (SSSR count). The molecule has 8 heteroatoms. The Kier molecular flexibility index (Phi) is 4.67. The van der Waals surface area contributed by atoms with Gasteiger partial charge in [0.1, 0.15) is 17.6 Å². The molecule has 1 N–H and O–H groups in total. The molecule has 0 fully saturated rings. The van der Waals surface area contributed by atoms with Gasteiger partial charge in [0, 0.05) is 20.6 Å². The molecule has 8 nitrogen and oxygen atoms in total. The van der Waals surface area contributed by atoms with E-state index in [2.05, 4.69) is 4.57 Å². The maximum absolute atomic E-state index is 13.4. The van der Waals surface area contributed by atoms with Crippen molar-refractivity contribution in [3.8, 4) is 22.8 Å². The van der Waals surface area contributed by atoms with Crippen LogP contribution in [-0.2, 0) is 25.4 Å². The molecule has 2 aromatic heterocycles. The predicted octanol–water partition coefficient (Wildman–Crippen LogP) is 2.54. The lowest BCUT2D eigenvalue weighted by atomic mass is 10.0. The summed E-state index contributed by atoms with van der Waals surface area (Å²) in [6.07, 6.45) is -0.539. The van der Waals surface area contributed by atoms with Gasteiger partial charge >= 0.3 is 5.69 Å². The number of phenolic OH excluding ortho intramolecular Hbond substituents is 1. The smallest absolute Gasteiger partial charge is 0.331 e. The topological polar surface area (TPSA) is 87.6 Å². The first kappa shape index (κ1) is 20.1. The molecule has 0 unspecified atom stereocenters. The molecular weight excluding hydrogens is 410 g/mol. The summed E-state index contributed by atoms with van der Waals surface area (Å²) >= 11 is 0. The van der Waals surface area contributed by atoms with Gasteiger partial charge in [-0.3, -0.25) is 13.9 Å². The zero-order valence-corrected chi connectivity index (χ0v) is 18.0. The molecule has 0 saturated heterocycles. The van der Waals surface area contributed by atoms with Crippen molar-refractivity contribution >= 4 is 10.9 Å². The lowest BCUT2D eigenvalue weighted by Crippen LogP contribution is -2.37. The molecule has 3 heterocycles. The Morgan fingerprint density at radius 2 is 1.81 bits per heavy atom. The Hall–Kier alpha value is -3.78. The quantitative estimate of drug-likeness (QED) is 0.537. The number of benzene rings is 2. The molecule has 1 aliphatic heterocycles. The minimum Gasteiger partial charge on any atom is -0.508 e. The number of fused-ring (bicyclic) bond motifs is 3. The number of ether oxygens (including phenoxy) is 2. The van der Waals surface area contributed by atoms with E-state index in [1.807, 2.05) is 30.3 Å². The van der Waals surface area contributed by atoms with Crippen molar-refractivity contribution in [2.75, 3.05) is 13.7 Å². The van der Waals surface area contributed by atoms with Crippen molar-refractivity contribution in [2.45, 2.75) is 12.6 Å². The molecule has 0 saturated carbocycles. The Labute approximate surface area is 183 Å². The molecule has 32 heavy (non-hydrogen) atoms. The maximum Gasteiger partial charge on any atom is 0.331 e. The molecule has 2 aromatic carbocycles. The third-order valence-corrected chi connectivity index (χ3v) is 6.09. The molecule has 0 amide bonds. The second-order valence-corrected chi connectivity index (χ2v) is 7.89. The fraction of sp³-hybridized carbons (Fsp3) is 0.250. The molecule has 0 radical (unpaired) electrons. The van der Waals surface area contributed by atoms with E-state index in [9.17, 15) is 14.7 Å². The minimum absolute atomic E-state index is 0.124. The number of phenols is 1. The first-order valence-electron chi connectivity index (χ1n) is 10.3. The van der Waals surface area contributed by atoms with Gasteiger partial charge < -0.3 is 19.1 Å². The zero-order valence-electron chi connectivity index (χ0n) is 18.0. The average Bonchev–Trinajstić information content (AvgIpc) is 3.17. The number of nitrogens with zero attached hydrogens (tertiary/aromatic N) is 3. The predicted molar refractivity (Wildman–Crippen MR) is 120 cm³/mol. The third-order valence-electron chi connectivity index (χ3n) is 6.09. The molecule has 0 bridgehead atoms. The van der Waals surface area contributed by atoms with Gasteiger partial charge in [0.15, 0.2) is 0 Å². The standard InChI is InChI=1S/C24H23N3O5/c1-25-20-18(23(29)26(2)24(25)30)19(14-7-9-17(31-3)10-8-14)27-11-12-32-22(21(20)27)15-5-4-6-16(28)13-15/h4-10,13,22,28H,11-12H2,1-3H3/t22-/m0/s1. The molecule has 1 atom stereocenters. The van der Waals surface area contributed by atoms with Crippen LogP contribution in [0.15, 0.2) is 58.1 Å². The van der Waals surface area contributed by atoms with Gasteiger partial charge in [-0.2, -0.15) is 0 Å². The largest absolute Gasteiger partial charge is 0.508 e. The summed E-state index contributed by atoms with van der Waals surface area (Å²) in [4.78, 5) is 26.2. The van der Waals surface area contributed by atoms with Crippen LogP contribution in [0.4, 0.5) is 0 Å². The van der Waals surface area contributed by atoms with Gasteiger partial charge in [0.25, 0.3) is 5.56 Å². The van der Waals surface area contributed by atoms with Crippen molar-refractivity contribution in [3.05, 3.63) is 80.6 Å². The number of hydrogen-bond donors (Lipinski definition) is 1. The lowest BCUT2D eigenvalue weighted by Gasteiger charge is -2.27. The summed E-state index contributed by atoms with van der Waals surface area (Å²) < 4.78 is 16.1. The first-order chi connectivity index (χ1) is 15.4. The maximum atomic E-state index is 13.4. The van der Waals surface area contributed by atoms with Crippen LogP contribution in [0.5, 0.6) is 11.5 Å². The van der Waals surface area contributed by atoms with E-state index in [-0.39, 0.29) is 11.3 Å². The minimum atomic E-state index is -0.539. The Balaban J connectivity index is 1.91. The monoisotopic (exact) mass is 433 g/mol. The number of methoxy groups -OCH3 is 1. The van der Waals surface area contributed by atoms with Crippen molar-refractivity contribution in [1.82, 2.24) is 13.7 Å². The van der Waals surface area contributed by atoms with Crippen molar-refractivity contribution < 1.29 is 14.6 Å². The van der Waals surface area contributed by atoms with Gasteiger partial charge in [-0.15, -0.1) is 0 Å². The average molecular weight is 433 g/mol. The Bertz CT molecular complexity index is 1460. The van der Waals surface area contributed by atoms with E-state index in [1.165, 1.54) is 11.6 Å². The fourth-order valence-corrected chi connectivity index (χ4v) is 4.57. The zero-order chi connectivity index (χ0) is 22.6. The van der Waals surface area contributed by atoms with E-state index in [4.69, 9.17) is 9.47 Å². The van der Waals surface area contributed by atoms with E-state index >= 15 is 0 Å². The first-order valence-corrected chi connectivity index (χ1v) is 10.3. The van der Waals surface area contributed by atoms with E-state index in [0.29, 0.717) is 29.8 Å². The van der Waals surface area contributed by atoms with E-state index in [1.54, 1.807) is 32.4 Å². The van der Waals surface area contributed by atoms with Gasteiger partial charge in [-0.1, -0.05) is 12.1 Å². The molecule has 0 aliphatic carbocycles. The summed E-state index contributed by atoms with van der Waals surface area (Å²) in [7, 11) is 4.75. The highest BCUT2D eigenvalue weighted by Crippen LogP contribution is 2.41. The van der Waals surface area contributed by atoms with E-state index < -0.39 is 11.8 Å². The number of aryl methyl sites for hydroxylation is 1. The third kappa shape index (κ3) is 2.87. The summed E-state index contributed by atoms with van der Waals surface area (Å²) in [5, 5.41) is 10.5. The molecule has 0 spiro atoms. The highest BCUT2D eigenvalue weighted by atomic mass is 16.5. The molecule has 1 aliphatic rings. The van der Waals surface area contributed by atoms with Crippen LogP contribution in [0, 0.1) is 0 Å². The number of rotatable bonds is 3. The summed E-state index contributed by atoms with van der Waals surface area (Å²) in [6, 6.07) is 14.4. The van der Waals surface area contributed by atoms with Crippen LogP contribution in [0.1, 0.15) is 17.4 Å². The van der Waals surface area contributed by atoms with Gasteiger partial charge in [0.05, 0.1) is 36.0 Å². The Morgan fingerprint density at radius 1 is 1.06 bits per heavy atom. The summed E-state index contributed by atoms with van der Waals surface area (Å²) in [5.41, 5.74) is 2.83. The van der Waals surface area contributed by atoms with Crippen LogP contribution < -0.4 is 16.0 Å². The van der Waals surface area contributed by atoms with Gasteiger partial charge in [0.2, 0.25) is 0 Å². The van der Waals surface area contributed by atoms with Crippen molar-refractivity contribution in [2.24, 2.45) is 14.1 Å². The van der Waals surface area contributed by atoms with Crippen LogP contribution in [0.3, 0.4) is 0 Å². The second-order valence-electron chi connectivity index (χ2n) is 7.89. The van der Waals surface area contributed by atoms with Crippen molar-refractivity contribution in [1.29, 1.82) is 0 Å². The number of aromatic nitrogens is 3. The fourth-order valence-electron chi connectivity index (χ4n) is 4.57. The molecule has 4 aromatic rings. The van der Waals surface area contributed by atoms with Crippen molar-refractivity contribution in [3.63, 3.8) is 0 Å². The number of aromatic hydroxyl groups is 1. The van der Waals surface area contributed by atoms with Crippen LogP contribution >= 0.6 is 0 Å². The normalized spacial score (nSPS) is 15.7. The van der Waals surface area contributed by atoms with Crippen LogP contribution in [0.2, 0.25) is 0 Å². The summed E-state index contributed by atoms with van der Waals surface area (Å²) in [6.45, 7) is 0.948. The van der Waals surface area contributed by atoms with Gasteiger partial charge in [-0.05, 0) is 47.5 Å². The van der Waals surface area contributed by atoms with Gasteiger partial charge in [-0.25, -0.2) is 4.79 Å². The molecule has 164 valence electrons. The Morgan fingerprint density at radius 3 is 2.50 bits per heavy atom. The lowest BCUT2D eigenvalue weighted by molar-refractivity contribution is 0.0477. The second kappa shape index (κ2) is 7.42.